The summed E-state index contributed by atoms with van der Waals surface area (Å²) in [4.78, 5) is 27.5. The first-order valence-electron chi connectivity index (χ1n) is 15.9. The van der Waals surface area contributed by atoms with Crippen LogP contribution in [0, 0.1) is 6.92 Å². The van der Waals surface area contributed by atoms with Gasteiger partial charge in [0.15, 0.2) is 0 Å². The molecule has 0 radical (unpaired) electrons. The first-order chi connectivity index (χ1) is 23.3. The molecule has 1 aliphatic rings. The lowest BCUT2D eigenvalue weighted by Gasteiger charge is -2.32. The number of halogens is 1. The van der Waals surface area contributed by atoms with Gasteiger partial charge < -0.3 is 24.4 Å². The van der Waals surface area contributed by atoms with Crippen molar-refractivity contribution >= 4 is 33.4 Å². The van der Waals surface area contributed by atoms with E-state index in [1.54, 1.807) is 19.2 Å². The molecular formula is C40H37BrN2O5. The number of hydrogen-bond acceptors (Lipinski definition) is 5. The Morgan fingerprint density at radius 1 is 0.771 bits per heavy atom. The highest BCUT2D eigenvalue weighted by molar-refractivity contribution is 9.10. The van der Waals surface area contributed by atoms with Crippen LogP contribution in [0.3, 0.4) is 0 Å². The Kier molecular flexibility index (Phi) is 10.4. The molecule has 2 amide bonds. The number of methoxy groups -OCH3 is 1. The zero-order chi connectivity index (χ0) is 33.5. The van der Waals surface area contributed by atoms with E-state index < -0.39 is 0 Å². The molecule has 1 fully saturated rings. The van der Waals surface area contributed by atoms with Crippen molar-refractivity contribution in [2.45, 2.75) is 32.5 Å². The lowest BCUT2D eigenvalue weighted by atomic mass is 10.0. The zero-order valence-electron chi connectivity index (χ0n) is 26.9. The standard InChI is InChI=1S/C40H37BrN2O5/c1-27-3-7-32(8-4-27)40(45)43-23-21-36(22-24-43)48-35-16-5-28(6-17-35)26-47-34-18-13-30(14-19-34)29-9-11-31(12-10-29)39(44)42-33-15-20-38(46-2)37(41)25-33/h3-20,25,36H,21-24,26H2,1-2H3,(H,42,44). The van der Waals surface area contributed by atoms with Crippen molar-refractivity contribution in [3.8, 4) is 28.4 Å². The summed E-state index contributed by atoms with van der Waals surface area (Å²) in [5.41, 5.74) is 6.21. The summed E-state index contributed by atoms with van der Waals surface area (Å²) in [7, 11) is 1.60. The third-order valence-corrected chi connectivity index (χ3v) is 9.02. The number of carbonyl (C=O) groups excluding carboxylic acids is 2. The van der Waals surface area contributed by atoms with Crippen molar-refractivity contribution in [3.63, 3.8) is 0 Å². The minimum absolute atomic E-state index is 0.0860. The summed E-state index contributed by atoms with van der Waals surface area (Å²) in [6.45, 7) is 3.84. The quantitative estimate of drug-likeness (QED) is 0.157. The topological polar surface area (TPSA) is 77.1 Å². The Morgan fingerprint density at radius 3 is 2.00 bits per heavy atom. The number of nitrogens with one attached hydrogen (secondary N) is 1. The molecule has 1 heterocycles. The van der Waals surface area contributed by atoms with E-state index in [1.807, 2.05) is 115 Å². The molecule has 0 saturated carbocycles. The maximum Gasteiger partial charge on any atom is 0.255 e. The van der Waals surface area contributed by atoms with Gasteiger partial charge in [-0.1, -0.05) is 54.1 Å². The first kappa shape index (κ1) is 32.8. The number of rotatable bonds is 10. The number of ether oxygens (including phenoxy) is 3. The van der Waals surface area contributed by atoms with E-state index in [-0.39, 0.29) is 17.9 Å². The van der Waals surface area contributed by atoms with Crippen molar-refractivity contribution in [1.29, 1.82) is 0 Å². The Hall–Kier alpha value is -5.08. The molecule has 0 aromatic heterocycles. The van der Waals surface area contributed by atoms with Crippen LogP contribution in [0.25, 0.3) is 11.1 Å². The molecule has 244 valence electrons. The summed E-state index contributed by atoms with van der Waals surface area (Å²) in [6.07, 6.45) is 1.70. The van der Waals surface area contributed by atoms with Gasteiger partial charge in [0.05, 0.1) is 11.6 Å². The second-order valence-electron chi connectivity index (χ2n) is 11.8. The molecule has 0 atom stereocenters. The Labute approximate surface area is 289 Å². The Morgan fingerprint density at radius 2 is 1.38 bits per heavy atom. The van der Waals surface area contributed by atoms with E-state index >= 15 is 0 Å². The van der Waals surface area contributed by atoms with Crippen LogP contribution in [-0.4, -0.2) is 43.0 Å². The van der Waals surface area contributed by atoms with Gasteiger partial charge >= 0.3 is 0 Å². The number of amides is 2. The lowest BCUT2D eigenvalue weighted by Crippen LogP contribution is -2.41. The number of aryl methyl sites for hydroxylation is 1. The number of nitrogens with zero attached hydrogens (tertiary/aromatic N) is 1. The molecule has 0 aliphatic carbocycles. The molecule has 0 spiro atoms. The number of piperidine rings is 1. The van der Waals surface area contributed by atoms with Crippen molar-refractivity contribution in [3.05, 3.63) is 142 Å². The summed E-state index contributed by atoms with van der Waals surface area (Å²) in [5, 5.41) is 2.92. The van der Waals surface area contributed by atoms with Crippen LogP contribution in [0.5, 0.6) is 17.2 Å². The van der Waals surface area contributed by atoms with Crippen molar-refractivity contribution in [2.24, 2.45) is 0 Å². The van der Waals surface area contributed by atoms with Crippen LogP contribution < -0.4 is 19.5 Å². The fraction of sp³-hybridized carbons (Fsp3) is 0.200. The minimum Gasteiger partial charge on any atom is -0.496 e. The molecule has 0 unspecified atom stereocenters. The Balaban J connectivity index is 0.950. The number of benzene rings is 5. The van der Waals surface area contributed by atoms with Crippen molar-refractivity contribution < 1.29 is 23.8 Å². The Bertz CT molecular complexity index is 1850. The molecule has 6 rings (SSSR count). The van der Waals surface area contributed by atoms with E-state index in [9.17, 15) is 9.59 Å². The first-order valence-corrected chi connectivity index (χ1v) is 16.7. The fourth-order valence-electron chi connectivity index (χ4n) is 5.58. The van der Waals surface area contributed by atoms with Crippen LogP contribution in [0.15, 0.2) is 120 Å². The molecule has 5 aromatic rings. The molecule has 48 heavy (non-hydrogen) atoms. The second kappa shape index (κ2) is 15.2. The van der Waals surface area contributed by atoms with Crippen LogP contribution in [0.2, 0.25) is 0 Å². The zero-order valence-corrected chi connectivity index (χ0v) is 28.5. The van der Waals surface area contributed by atoms with E-state index in [0.29, 0.717) is 36.7 Å². The minimum atomic E-state index is -0.186. The smallest absolute Gasteiger partial charge is 0.255 e. The molecule has 1 aliphatic heterocycles. The number of likely N-dealkylation sites (tertiary alicyclic amines) is 1. The SMILES string of the molecule is COc1ccc(NC(=O)c2ccc(-c3ccc(OCc4ccc(OC5CCN(C(=O)c6ccc(C)cc6)CC5)cc4)cc3)cc2)cc1Br. The fourth-order valence-corrected chi connectivity index (χ4v) is 6.12. The maximum atomic E-state index is 12.8. The van der Waals surface area contributed by atoms with Crippen molar-refractivity contribution in [1.82, 2.24) is 4.90 Å². The van der Waals surface area contributed by atoms with Crippen molar-refractivity contribution in [2.75, 3.05) is 25.5 Å². The van der Waals surface area contributed by atoms with Gasteiger partial charge in [0.25, 0.3) is 11.8 Å². The molecule has 0 bridgehead atoms. The molecule has 8 heteroatoms. The molecule has 7 nitrogen and oxygen atoms in total. The van der Waals surface area contributed by atoms with Gasteiger partial charge in [-0.15, -0.1) is 0 Å². The largest absolute Gasteiger partial charge is 0.496 e. The van der Waals surface area contributed by atoms with Gasteiger partial charge in [-0.05, 0) is 106 Å². The second-order valence-corrected chi connectivity index (χ2v) is 12.7. The maximum absolute atomic E-state index is 12.8. The highest BCUT2D eigenvalue weighted by Crippen LogP contribution is 2.29. The number of anilines is 1. The highest BCUT2D eigenvalue weighted by Gasteiger charge is 2.24. The summed E-state index contributed by atoms with van der Waals surface area (Å²) in [6, 6.07) is 36.6. The van der Waals surface area contributed by atoms with Gasteiger partial charge in [0.2, 0.25) is 0 Å². The van der Waals surface area contributed by atoms with Crippen LogP contribution in [-0.2, 0) is 6.61 Å². The third kappa shape index (κ3) is 8.25. The molecule has 5 aromatic carbocycles. The van der Waals surface area contributed by atoms with Crippen LogP contribution >= 0.6 is 15.9 Å². The van der Waals surface area contributed by atoms with Gasteiger partial charge in [0.1, 0.15) is 30.0 Å². The highest BCUT2D eigenvalue weighted by atomic mass is 79.9. The number of carbonyl (C=O) groups is 2. The van der Waals surface area contributed by atoms with Gasteiger partial charge in [-0.3, -0.25) is 9.59 Å². The van der Waals surface area contributed by atoms with Gasteiger partial charge in [-0.25, -0.2) is 0 Å². The van der Waals surface area contributed by atoms with Gasteiger partial charge in [-0.2, -0.15) is 0 Å². The van der Waals surface area contributed by atoms with Crippen LogP contribution in [0.4, 0.5) is 5.69 Å². The molecule has 1 saturated heterocycles. The normalized spacial score (nSPS) is 13.1. The summed E-state index contributed by atoms with van der Waals surface area (Å²) >= 11 is 3.45. The third-order valence-electron chi connectivity index (χ3n) is 8.40. The van der Waals surface area contributed by atoms with Crippen LogP contribution in [0.1, 0.15) is 44.7 Å². The lowest BCUT2D eigenvalue weighted by molar-refractivity contribution is 0.0595. The summed E-state index contributed by atoms with van der Waals surface area (Å²) in [5.74, 6) is 2.19. The summed E-state index contributed by atoms with van der Waals surface area (Å²) < 4.78 is 18.3. The molecular weight excluding hydrogens is 668 g/mol. The number of hydrogen-bond donors (Lipinski definition) is 1. The van der Waals surface area contributed by atoms with E-state index in [0.717, 1.165) is 56.6 Å². The van der Waals surface area contributed by atoms with E-state index in [2.05, 4.69) is 21.2 Å². The van der Waals surface area contributed by atoms with E-state index in [1.165, 1.54) is 0 Å². The predicted molar refractivity (Wildman–Crippen MR) is 192 cm³/mol. The monoisotopic (exact) mass is 704 g/mol. The average molecular weight is 706 g/mol. The van der Waals surface area contributed by atoms with Gasteiger partial charge in [0, 0.05) is 42.7 Å². The average Bonchev–Trinajstić information content (AvgIpc) is 3.12. The predicted octanol–water partition coefficient (Wildman–Crippen LogP) is 8.95. The molecule has 1 N–H and O–H groups in total. The van der Waals surface area contributed by atoms with E-state index in [4.69, 9.17) is 14.2 Å².